The van der Waals surface area contributed by atoms with Crippen molar-refractivity contribution in [3.63, 3.8) is 0 Å². The number of nitrogens with zero attached hydrogens (tertiary/aromatic N) is 1. The molecule has 96 valence electrons. The number of rotatable bonds is 4. The van der Waals surface area contributed by atoms with Crippen molar-refractivity contribution in [1.29, 1.82) is 5.26 Å². The molecule has 0 bridgehead atoms. The lowest BCUT2D eigenvalue weighted by Gasteiger charge is -2.20. The minimum atomic E-state index is -0.147. The topological polar surface area (TPSA) is 33.0 Å². The third-order valence-electron chi connectivity index (χ3n) is 3.74. The van der Waals surface area contributed by atoms with Crippen LogP contribution in [0.2, 0.25) is 0 Å². The van der Waals surface area contributed by atoms with Gasteiger partial charge in [-0.25, -0.2) is 0 Å². The molecule has 0 spiro atoms. The van der Waals surface area contributed by atoms with Crippen LogP contribution in [0.3, 0.4) is 0 Å². The molecule has 1 aliphatic rings. The summed E-state index contributed by atoms with van der Waals surface area (Å²) in [5, 5.41) is 9.36. The Hall–Kier alpha value is -1.01. The molecule has 18 heavy (non-hydrogen) atoms. The van der Waals surface area contributed by atoms with Crippen LogP contribution in [0.5, 0.6) is 5.75 Å². The van der Waals surface area contributed by atoms with Crippen LogP contribution in [0.1, 0.15) is 32.6 Å². The van der Waals surface area contributed by atoms with Gasteiger partial charge in [-0.3, -0.25) is 0 Å². The number of benzene rings is 1. The molecule has 3 heteroatoms. The average molecular weight is 308 g/mol. The normalized spacial score (nSPS) is 26.8. The monoisotopic (exact) mass is 307 g/mol. The van der Waals surface area contributed by atoms with Gasteiger partial charge < -0.3 is 4.74 Å². The molecule has 0 radical (unpaired) electrons. The molecule has 1 fully saturated rings. The molecule has 1 aromatic carbocycles. The maximum absolute atomic E-state index is 9.36. The van der Waals surface area contributed by atoms with Gasteiger partial charge in [0.05, 0.1) is 18.1 Å². The van der Waals surface area contributed by atoms with Crippen molar-refractivity contribution in [2.45, 2.75) is 32.6 Å². The van der Waals surface area contributed by atoms with Gasteiger partial charge in [0.1, 0.15) is 5.75 Å². The first-order valence-electron chi connectivity index (χ1n) is 6.43. The molecule has 0 heterocycles. The molecule has 1 aliphatic carbocycles. The molecule has 1 saturated carbocycles. The number of hydrogen-bond donors (Lipinski definition) is 0. The van der Waals surface area contributed by atoms with Gasteiger partial charge in [0.15, 0.2) is 0 Å². The van der Waals surface area contributed by atoms with E-state index in [0.717, 1.165) is 29.5 Å². The van der Waals surface area contributed by atoms with E-state index in [2.05, 4.69) is 28.9 Å². The molecule has 0 N–H and O–H groups in total. The highest BCUT2D eigenvalue weighted by molar-refractivity contribution is 9.10. The van der Waals surface area contributed by atoms with E-state index in [1.807, 2.05) is 24.3 Å². The third kappa shape index (κ3) is 3.26. The van der Waals surface area contributed by atoms with E-state index in [1.165, 1.54) is 6.42 Å². The molecular formula is C15H18BrNO. The zero-order chi connectivity index (χ0) is 13.0. The van der Waals surface area contributed by atoms with Crippen LogP contribution < -0.4 is 4.74 Å². The molecule has 2 rings (SSSR count). The summed E-state index contributed by atoms with van der Waals surface area (Å²) in [6, 6.07) is 10.3. The molecule has 2 atom stereocenters. The summed E-state index contributed by atoms with van der Waals surface area (Å²) in [4.78, 5) is 0. The standard InChI is InChI=1S/C15H18BrNO/c1-12-5-6-15(10-12,11-17)7-8-18-14-4-2-3-13(16)9-14/h2-4,9,12H,5-8,10H2,1H3. The zero-order valence-corrected chi connectivity index (χ0v) is 12.2. The Kier molecular flexibility index (Phi) is 4.29. The maximum atomic E-state index is 9.36. The van der Waals surface area contributed by atoms with Gasteiger partial charge in [0, 0.05) is 10.9 Å². The van der Waals surface area contributed by atoms with Crippen LogP contribution in [0, 0.1) is 22.7 Å². The van der Waals surface area contributed by atoms with Crippen LogP contribution in [-0.4, -0.2) is 6.61 Å². The van der Waals surface area contributed by atoms with Crippen molar-refractivity contribution in [2.75, 3.05) is 6.61 Å². The zero-order valence-electron chi connectivity index (χ0n) is 10.7. The summed E-state index contributed by atoms with van der Waals surface area (Å²) in [5.74, 6) is 1.54. The molecule has 1 aromatic rings. The molecule has 0 saturated heterocycles. The van der Waals surface area contributed by atoms with Crippen LogP contribution in [0.15, 0.2) is 28.7 Å². The summed E-state index contributed by atoms with van der Waals surface area (Å²) >= 11 is 3.42. The highest BCUT2D eigenvalue weighted by atomic mass is 79.9. The molecule has 0 aliphatic heterocycles. The number of nitriles is 1. The minimum Gasteiger partial charge on any atom is -0.493 e. The predicted molar refractivity (Wildman–Crippen MR) is 75.3 cm³/mol. The highest BCUT2D eigenvalue weighted by Crippen LogP contribution is 2.43. The number of ether oxygens (including phenoxy) is 1. The van der Waals surface area contributed by atoms with Gasteiger partial charge in [-0.2, -0.15) is 5.26 Å². The van der Waals surface area contributed by atoms with E-state index in [9.17, 15) is 5.26 Å². The summed E-state index contributed by atoms with van der Waals surface area (Å²) in [6.45, 7) is 2.85. The van der Waals surface area contributed by atoms with Crippen molar-refractivity contribution >= 4 is 15.9 Å². The van der Waals surface area contributed by atoms with Crippen LogP contribution in [0.4, 0.5) is 0 Å². The summed E-state index contributed by atoms with van der Waals surface area (Å²) in [6.07, 6.45) is 4.04. The minimum absolute atomic E-state index is 0.147. The van der Waals surface area contributed by atoms with Gasteiger partial charge in [-0.05, 0) is 43.4 Å². The van der Waals surface area contributed by atoms with Crippen LogP contribution >= 0.6 is 15.9 Å². The lowest BCUT2D eigenvalue weighted by atomic mass is 9.84. The molecule has 2 nitrogen and oxygen atoms in total. The van der Waals surface area contributed by atoms with Crippen molar-refractivity contribution in [1.82, 2.24) is 0 Å². The Morgan fingerprint density at radius 1 is 1.56 bits per heavy atom. The van der Waals surface area contributed by atoms with Crippen molar-refractivity contribution in [3.05, 3.63) is 28.7 Å². The van der Waals surface area contributed by atoms with E-state index in [1.54, 1.807) is 0 Å². The Morgan fingerprint density at radius 2 is 2.39 bits per heavy atom. The second-order valence-corrected chi connectivity index (χ2v) is 6.21. The summed E-state index contributed by atoms with van der Waals surface area (Å²) in [7, 11) is 0. The largest absolute Gasteiger partial charge is 0.493 e. The average Bonchev–Trinajstić information content (AvgIpc) is 2.72. The molecule has 2 unspecified atom stereocenters. The molecular weight excluding hydrogens is 290 g/mol. The SMILES string of the molecule is CC1CCC(C#N)(CCOc2cccc(Br)c2)C1. The summed E-state index contributed by atoms with van der Waals surface area (Å²) in [5.41, 5.74) is -0.147. The summed E-state index contributed by atoms with van der Waals surface area (Å²) < 4.78 is 6.75. The van der Waals surface area contributed by atoms with E-state index < -0.39 is 0 Å². The van der Waals surface area contributed by atoms with E-state index >= 15 is 0 Å². The molecule has 0 aromatic heterocycles. The van der Waals surface area contributed by atoms with Gasteiger partial charge in [0.2, 0.25) is 0 Å². The van der Waals surface area contributed by atoms with Gasteiger partial charge in [-0.1, -0.05) is 28.9 Å². The van der Waals surface area contributed by atoms with E-state index in [-0.39, 0.29) is 5.41 Å². The van der Waals surface area contributed by atoms with Gasteiger partial charge in [-0.15, -0.1) is 0 Å². The Morgan fingerprint density at radius 3 is 3.00 bits per heavy atom. The first kappa shape index (κ1) is 13.4. The molecule has 0 amide bonds. The Balaban J connectivity index is 1.87. The Bertz CT molecular complexity index is 454. The smallest absolute Gasteiger partial charge is 0.120 e. The van der Waals surface area contributed by atoms with Crippen LogP contribution in [-0.2, 0) is 0 Å². The maximum Gasteiger partial charge on any atom is 0.120 e. The fourth-order valence-electron chi connectivity index (χ4n) is 2.70. The fourth-order valence-corrected chi connectivity index (χ4v) is 3.08. The van der Waals surface area contributed by atoms with Crippen molar-refractivity contribution in [2.24, 2.45) is 11.3 Å². The van der Waals surface area contributed by atoms with Gasteiger partial charge in [0.25, 0.3) is 0 Å². The lowest BCUT2D eigenvalue weighted by Crippen LogP contribution is -2.18. The fraction of sp³-hybridized carbons (Fsp3) is 0.533. The first-order valence-corrected chi connectivity index (χ1v) is 7.22. The van der Waals surface area contributed by atoms with Gasteiger partial charge >= 0.3 is 0 Å². The van der Waals surface area contributed by atoms with E-state index in [0.29, 0.717) is 12.5 Å². The number of hydrogen-bond acceptors (Lipinski definition) is 2. The third-order valence-corrected chi connectivity index (χ3v) is 4.23. The Labute approximate surface area is 117 Å². The first-order chi connectivity index (χ1) is 8.63. The van der Waals surface area contributed by atoms with Crippen molar-refractivity contribution in [3.8, 4) is 11.8 Å². The number of halogens is 1. The predicted octanol–water partition coefficient (Wildman–Crippen LogP) is 4.55. The second-order valence-electron chi connectivity index (χ2n) is 5.30. The van der Waals surface area contributed by atoms with Crippen molar-refractivity contribution < 1.29 is 4.74 Å². The lowest BCUT2D eigenvalue weighted by molar-refractivity contribution is 0.241. The van der Waals surface area contributed by atoms with Crippen LogP contribution in [0.25, 0.3) is 0 Å². The highest BCUT2D eigenvalue weighted by Gasteiger charge is 2.37. The second kappa shape index (κ2) is 5.75. The quantitative estimate of drug-likeness (QED) is 0.817. The van der Waals surface area contributed by atoms with E-state index in [4.69, 9.17) is 4.74 Å².